The predicted molar refractivity (Wildman–Crippen MR) is 134 cm³/mol. The summed E-state index contributed by atoms with van der Waals surface area (Å²) < 4.78 is 0. The summed E-state index contributed by atoms with van der Waals surface area (Å²) in [5.41, 5.74) is 3.66. The van der Waals surface area contributed by atoms with Gasteiger partial charge in [0.05, 0.1) is 14.1 Å². The van der Waals surface area contributed by atoms with Crippen LogP contribution in [0.4, 0.5) is 0 Å². The van der Waals surface area contributed by atoms with Gasteiger partial charge in [0.1, 0.15) is 0 Å². The van der Waals surface area contributed by atoms with Crippen molar-refractivity contribution in [2.75, 3.05) is 0 Å². The highest BCUT2D eigenvalue weighted by molar-refractivity contribution is 6.89. The van der Waals surface area contributed by atoms with Crippen LogP contribution in [-0.4, -0.2) is 14.0 Å². The highest BCUT2D eigenvalue weighted by Crippen LogP contribution is 2.20. The Balaban J connectivity index is 1.53. The number of unbranched alkanes of at least 4 members (excludes halogenated alkanes) is 1. The van der Waals surface area contributed by atoms with Crippen molar-refractivity contribution in [1.29, 1.82) is 0 Å². The summed E-state index contributed by atoms with van der Waals surface area (Å²) in [4.78, 5) is 12.8. The van der Waals surface area contributed by atoms with Crippen LogP contribution in [0.2, 0.25) is 19.1 Å². The van der Waals surface area contributed by atoms with E-state index in [1.807, 2.05) is 18.2 Å². The fraction of sp³-hybridized carbons (Fsp3) is 0.321. The first-order chi connectivity index (χ1) is 14.9. The summed E-state index contributed by atoms with van der Waals surface area (Å²) in [6.07, 6.45) is 3.46. The summed E-state index contributed by atoms with van der Waals surface area (Å²) in [6.45, 7) is 6.95. The van der Waals surface area contributed by atoms with Gasteiger partial charge in [0, 0.05) is 6.42 Å². The second kappa shape index (κ2) is 11.1. The van der Waals surface area contributed by atoms with Crippen LogP contribution in [0.3, 0.4) is 0 Å². The van der Waals surface area contributed by atoms with Crippen molar-refractivity contribution >= 4 is 19.2 Å². The van der Waals surface area contributed by atoms with Crippen LogP contribution in [-0.2, 0) is 11.2 Å². The smallest absolute Gasteiger partial charge is 0.220 e. The molecule has 0 saturated carbocycles. The lowest BCUT2D eigenvalue weighted by Gasteiger charge is -2.23. The maximum absolute atomic E-state index is 12.8. The van der Waals surface area contributed by atoms with Crippen LogP contribution in [0, 0.1) is 6.92 Å². The Hall–Kier alpha value is -2.65. The number of hydrogen-bond acceptors (Lipinski definition) is 1. The number of nitrogens with one attached hydrogen (secondary N) is 1. The third-order valence-corrected chi connectivity index (χ3v) is 9.61. The number of amides is 1. The minimum absolute atomic E-state index is 0.00606. The fourth-order valence-corrected chi connectivity index (χ4v) is 6.57. The summed E-state index contributed by atoms with van der Waals surface area (Å²) >= 11 is 0. The number of rotatable bonds is 10. The Labute approximate surface area is 188 Å². The molecule has 0 aliphatic carbocycles. The van der Waals surface area contributed by atoms with Crippen LogP contribution >= 0.6 is 0 Å². The molecule has 1 unspecified atom stereocenters. The summed E-state index contributed by atoms with van der Waals surface area (Å²) in [5, 5.41) is 4.80. The van der Waals surface area contributed by atoms with Gasteiger partial charge in [-0.3, -0.25) is 4.79 Å². The first-order valence-electron chi connectivity index (χ1n) is 11.4. The monoisotopic (exact) mass is 429 g/mol. The molecule has 1 atom stereocenters. The lowest BCUT2D eigenvalue weighted by molar-refractivity contribution is -0.121. The zero-order chi connectivity index (χ0) is 22.1. The molecule has 1 amide bonds. The topological polar surface area (TPSA) is 29.1 Å². The molecule has 3 heteroatoms. The van der Waals surface area contributed by atoms with E-state index in [-0.39, 0.29) is 11.9 Å². The van der Waals surface area contributed by atoms with Gasteiger partial charge in [-0.1, -0.05) is 121 Å². The molecule has 0 aromatic heterocycles. The second-order valence-corrected chi connectivity index (χ2v) is 14.0. The van der Waals surface area contributed by atoms with Gasteiger partial charge in [-0.05, 0) is 30.9 Å². The number of hydrogen-bond donors (Lipinski definition) is 1. The van der Waals surface area contributed by atoms with Gasteiger partial charge in [0.2, 0.25) is 5.91 Å². The number of benzene rings is 3. The minimum atomic E-state index is -1.42. The minimum Gasteiger partial charge on any atom is -0.349 e. The van der Waals surface area contributed by atoms with Gasteiger partial charge in [-0.25, -0.2) is 0 Å². The molecule has 162 valence electrons. The zero-order valence-corrected chi connectivity index (χ0v) is 20.1. The average Bonchev–Trinajstić information content (AvgIpc) is 2.79. The molecule has 3 aromatic rings. The molecular formula is C28H35NOSi. The van der Waals surface area contributed by atoms with E-state index >= 15 is 0 Å². The maximum atomic E-state index is 12.8. The molecule has 0 fully saturated rings. The first kappa shape index (κ1) is 23.0. The quantitative estimate of drug-likeness (QED) is 0.302. The zero-order valence-electron chi connectivity index (χ0n) is 19.1. The molecule has 0 spiro atoms. The van der Waals surface area contributed by atoms with Gasteiger partial charge in [0.15, 0.2) is 0 Å². The first-order valence-corrected chi connectivity index (χ1v) is 14.6. The molecule has 0 saturated heterocycles. The lowest BCUT2D eigenvalue weighted by atomic mass is 9.98. The summed E-state index contributed by atoms with van der Waals surface area (Å²) in [5.74, 6) is 0.153. The van der Waals surface area contributed by atoms with Crippen LogP contribution < -0.4 is 10.5 Å². The van der Waals surface area contributed by atoms with Crippen molar-refractivity contribution < 1.29 is 4.79 Å². The van der Waals surface area contributed by atoms with Gasteiger partial charge in [0.25, 0.3) is 0 Å². The standard InChI is InChI=1S/C28H35NOSi/c1-23-17-19-24(20-18-23)22-27(25-12-6-4-7-13-25)29-28(30)16-10-11-21-31(2,3)26-14-8-5-9-15-26/h4-9,12-15,17-20,27H,10-11,16,21-22H2,1-3H3,(H,29,30). The number of carbonyl (C=O) groups excluding carboxylic acids is 1. The van der Waals surface area contributed by atoms with Crippen LogP contribution in [0.15, 0.2) is 84.9 Å². The molecule has 0 heterocycles. The Bertz CT molecular complexity index is 936. The Morgan fingerprint density at radius 3 is 2.10 bits per heavy atom. The van der Waals surface area contributed by atoms with E-state index in [0.717, 1.165) is 24.8 Å². The van der Waals surface area contributed by atoms with Gasteiger partial charge < -0.3 is 5.32 Å². The maximum Gasteiger partial charge on any atom is 0.220 e. The molecule has 0 aliphatic heterocycles. The van der Waals surface area contributed by atoms with Gasteiger partial charge in [-0.15, -0.1) is 0 Å². The molecular weight excluding hydrogens is 394 g/mol. The normalized spacial score (nSPS) is 12.4. The Morgan fingerprint density at radius 1 is 0.839 bits per heavy atom. The molecule has 2 nitrogen and oxygen atoms in total. The molecule has 0 aliphatic rings. The van der Waals surface area contributed by atoms with Gasteiger partial charge in [-0.2, -0.15) is 0 Å². The van der Waals surface area contributed by atoms with E-state index < -0.39 is 8.07 Å². The molecule has 0 bridgehead atoms. The Kier molecular flexibility index (Phi) is 8.25. The number of aryl methyl sites for hydroxylation is 1. The molecule has 0 radical (unpaired) electrons. The largest absolute Gasteiger partial charge is 0.349 e. The average molecular weight is 430 g/mol. The molecule has 3 aromatic carbocycles. The second-order valence-electron chi connectivity index (χ2n) is 9.18. The van der Waals surface area contributed by atoms with E-state index in [4.69, 9.17) is 0 Å². The Morgan fingerprint density at radius 2 is 1.45 bits per heavy atom. The fourth-order valence-electron chi connectivity index (χ4n) is 4.05. The molecule has 31 heavy (non-hydrogen) atoms. The SMILES string of the molecule is Cc1ccc(CC(NC(=O)CCCC[Si](C)(C)c2ccccc2)c2ccccc2)cc1. The molecule has 1 N–H and O–H groups in total. The van der Waals surface area contributed by atoms with Crippen LogP contribution in [0.25, 0.3) is 0 Å². The number of carbonyl (C=O) groups is 1. The van der Waals surface area contributed by atoms with E-state index in [1.54, 1.807) is 0 Å². The third kappa shape index (κ3) is 7.22. The van der Waals surface area contributed by atoms with E-state index in [2.05, 4.69) is 92.1 Å². The highest BCUT2D eigenvalue weighted by atomic mass is 28.3. The van der Waals surface area contributed by atoms with Crippen molar-refractivity contribution in [3.63, 3.8) is 0 Å². The predicted octanol–water partition coefficient (Wildman–Crippen LogP) is 6.18. The van der Waals surface area contributed by atoms with E-state index in [0.29, 0.717) is 6.42 Å². The molecule has 3 rings (SSSR count). The van der Waals surface area contributed by atoms with E-state index in [9.17, 15) is 4.79 Å². The summed E-state index contributed by atoms with van der Waals surface area (Å²) in [6, 6.07) is 31.0. The van der Waals surface area contributed by atoms with Crippen molar-refractivity contribution in [1.82, 2.24) is 5.32 Å². The highest BCUT2D eigenvalue weighted by Gasteiger charge is 2.22. The van der Waals surface area contributed by atoms with Gasteiger partial charge >= 0.3 is 0 Å². The van der Waals surface area contributed by atoms with Crippen molar-refractivity contribution in [3.05, 3.63) is 102 Å². The van der Waals surface area contributed by atoms with E-state index in [1.165, 1.54) is 22.4 Å². The van der Waals surface area contributed by atoms with Crippen molar-refractivity contribution in [2.24, 2.45) is 0 Å². The van der Waals surface area contributed by atoms with Crippen LogP contribution in [0.1, 0.15) is 42.0 Å². The van der Waals surface area contributed by atoms with Crippen molar-refractivity contribution in [2.45, 2.75) is 57.8 Å². The van der Waals surface area contributed by atoms with Crippen molar-refractivity contribution in [3.8, 4) is 0 Å². The lowest BCUT2D eigenvalue weighted by Crippen LogP contribution is -2.40. The summed E-state index contributed by atoms with van der Waals surface area (Å²) in [7, 11) is -1.42. The van der Waals surface area contributed by atoms with Crippen LogP contribution in [0.5, 0.6) is 0 Å². The third-order valence-electron chi connectivity index (χ3n) is 6.11.